The van der Waals surface area contributed by atoms with E-state index in [1.165, 1.54) is 6.39 Å². The first-order valence-electron chi connectivity index (χ1n) is 12.4. The average Bonchev–Trinajstić information content (AvgIpc) is 3.48. The van der Waals surface area contributed by atoms with Crippen LogP contribution in [0.1, 0.15) is 59.5 Å². The lowest BCUT2D eigenvalue weighted by Crippen LogP contribution is -2.48. The van der Waals surface area contributed by atoms with Gasteiger partial charge < -0.3 is 29.4 Å². The standard InChI is InChI=1S/C26H34N4O6/c1-16-24(36-15-29-16)26(33)30-19-7-8-20(30)14-28-22(31)9-6-17-11-18(5-4-10-27-23(32)13-19)25(35-3)21(12-17)34-2/h11-12,15,19-20H,4-10,13-14H2,1-3H3,(H,27,32)(H,28,31)/t19-,20+/m0/s1. The fraction of sp³-hybridized carbons (Fsp3) is 0.538. The van der Waals surface area contributed by atoms with Crippen LogP contribution in [0.15, 0.2) is 22.9 Å². The zero-order valence-corrected chi connectivity index (χ0v) is 21.1. The zero-order valence-electron chi connectivity index (χ0n) is 21.1. The first-order valence-corrected chi connectivity index (χ1v) is 12.4. The molecule has 2 aliphatic heterocycles. The molecule has 2 N–H and O–H groups in total. The van der Waals surface area contributed by atoms with Gasteiger partial charge >= 0.3 is 0 Å². The summed E-state index contributed by atoms with van der Waals surface area (Å²) in [5, 5.41) is 5.98. The van der Waals surface area contributed by atoms with Crippen molar-refractivity contribution in [3.63, 3.8) is 0 Å². The molecule has 0 radical (unpaired) electrons. The number of benzene rings is 1. The van der Waals surface area contributed by atoms with Gasteiger partial charge in [-0.1, -0.05) is 6.07 Å². The summed E-state index contributed by atoms with van der Waals surface area (Å²) in [5.41, 5.74) is 2.46. The van der Waals surface area contributed by atoms with E-state index < -0.39 is 0 Å². The van der Waals surface area contributed by atoms with Crippen molar-refractivity contribution in [2.45, 2.75) is 64.0 Å². The maximum atomic E-state index is 13.4. The van der Waals surface area contributed by atoms with Crippen LogP contribution >= 0.6 is 0 Å². The van der Waals surface area contributed by atoms with E-state index in [1.807, 2.05) is 12.1 Å². The van der Waals surface area contributed by atoms with E-state index >= 15 is 0 Å². The van der Waals surface area contributed by atoms with Crippen molar-refractivity contribution in [1.29, 1.82) is 0 Å². The van der Waals surface area contributed by atoms with Gasteiger partial charge in [-0.2, -0.15) is 0 Å². The summed E-state index contributed by atoms with van der Waals surface area (Å²) in [6.07, 6.45) is 5.05. The Bertz CT molecular complexity index is 1110. The number of hydrogen-bond acceptors (Lipinski definition) is 7. The van der Waals surface area contributed by atoms with E-state index in [2.05, 4.69) is 15.6 Å². The van der Waals surface area contributed by atoms with Crippen molar-refractivity contribution in [3.05, 3.63) is 41.1 Å². The number of nitrogens with one attached hydrogen (secondary N) is 2. The number of carbonyl (C=O) groups is 3. The highest BCUT2D eigenvalue weighted by molar-refractivity contribution is 5.93. The zero-order chi connectivity index (χ0) is 25.7. The number of aryl methyl sites for hydroxylation is 3. The molecule has 2 atom stereocenters. The molecule has 10 nitrogen and oxygen atoms in total. The Morgan fingerprint density at radius 2 is 1.86 bits per heavy atom. The predicted octanol–water partition coefficient (Wildman–Crippen LogP) is 2.17. The van der Waals surface area contributed by atoms with Crippen molar-refractivity contribution in [2.24, 2.45) is 0 Å². The SMILES string of the molecule is COc1cc2cc(c1OC)CCCNC(=O)C[C@@H]1CC[C@H](CNC(=O)CC2)N1C(=O)c1ocnc1C. The fourth-order valence-corrected chi connectivity index (χ4v) is 5.13. The van der Waals surface area contributed by atoms with Crippen LogP contribution in [-0.2, 0) is 22.4 Å². The number of amides is 3. The lowest BCUT2D eigenvalue weighted by molar-refractivity contribution is -0.123. The molecule has 3 heterocycles. The number of carbonyl (C=O) groups excluding carboxylic acids is 3. The van der Waals surface area contributed by atoms with E-state index in [0.717, 1.165) is 11.1 Å². The molecule has 1 aromatic heterocycles. The van der Waals surface area contributed by atoms with E-state index in [4.69, 9.17) is 13.9 Å². The molecular weight excluding hydrogens is 464 g/mol. The smallest absolute Gasteiger partial charge is 0.292 e. The van der Waals surface area contributed by atoms with Crippen LogP contribution in [0.3, 0.4) is 0 Å². The molecule has 2 aliphatic rings. The lowest BCUT2D eigenvalue weighted by atomic mass is 10.0. The molecule has 3 amide bonds. The number of oxazole rings is 1. The van der Waals surface area contributed by atoms with E-state index in [9.17, 15) is 14.4 Å². The lowest BCUT2D eigenvalue weighted by Gasteiger charge is -2.30. The maximum absolute atomic E-state index is 13.4. The van der Waals surface area contributed by atoms with Crippen LogP contribution in [0.2, 0.25) is 0 Å². The van der Waals surface area contributed by atoms with Crippen LogP contribution in [-0.4, -0.2) is 67.0 Å². The van der Waals surface area contributed by atoms with Crippen molar-refractivity contribution < 1.29 is 28.3 Å². The van der Waals surface area contributed by atoms with Crippen molar-refractivity contribution in [2.75, 3.05) is 27.3 Å². The van der Waals surface area contributed by atoms with Gasteiger partial charge in [0.15, 0.2) is 17.9 Å². The molecule has 4 bridgehead atoms. The highest BCUT2D eigenvalue weighted by atomic mass is 16.5. The van der Waals surface area contributed by atoms with Crippen LogP contribution in [0, 0.1) is 6.92 Å². The summed E-state index contributed by atoms with van der Waals surface area (Å²) in [7, 11) is 3.20. The highest BCUT2D eigenvalue weighted by Crippen LogP contribution is 2.34. The van der Waals surface area contributed by atoms with Crippen LogP contribution in [0.25, 0.3) is 0 Å². The Morgan fingerprint density at radius 3 is 2.58 bits per heavy atom. The van der Waals surface area contributed by atoms with Gasteiger partial charge in [-0.05, 0) is 56.2 Å². The molecular formula is C26H34N4O6. The summed E-state index contributed by atoms with van der Waals surface area (Å²) in [4.78, 5) is 44.6. The molecule has 0 aliphatic carbocycles. The Labute approximate surface area is 210 Å². The predicted molar refractivity (Wildman–Crippen MR) is 131 cm³/mol. The van der Waals surface area contributed by atoms with Crippen LogP contribution in [0.5, 0.6) is 11.5 Å². The minimum absolute atomic E-state index is 0.0971. The summed E-state index contributed by atoms with van der Waals surface area (Å²) in [6, 6.07) is 3.43. The van der Waals surface area contributed by atoms with E-state index in [-0.39, 0.29) is 42.0 Å². The highest BCUT2D eigenvalue weighted by Gasteiger charge is 2.40. The number of nitrogens with zero attached hydrogens (tertiary/aromatic N) is 2. The second-order valence-electron chi connectivity index (χ2n) is 9.32. The minimum atomic E-state index is -0.298. The van der Waals surface area contributed by atoms with E-state index in [1.54, 1.807) is 26.0 Å². The minimum Gasteiger partial charge on any atom is -0.493 e. The molecule has 0 unspecified atom stereocenters. The van der Waals surface area contributed by atoms with Crippen molar-refractivity contribution in [1.82, 2.24) is 20.5 Å². The molecule has 10 heteroatoms. The molecule has 0 saturated carbocycles. The number of ether oxygens (including phenoxy) is 2. The van der Waals surface area contributed by atoms with Gasteiger partial charge in [0.1, 0.15) is 0 Å². The van der Waals surface area contributed by atoms with Crippen molar-refractivity contribution in [3.8, 4) is 11.5 Å². The molecule has 4 rings (SSSR count). The Balaban J connectivity index is 1.55. The molecule has 1 fully saturated rings. The topological polar surface area (TPSA) is 123 Å². The second-order valence-corrected chi connectivity index (χ2v) is 9.32. The fourth-order valence-electron chi connectivity index (χ4n) is 5.13. The monoisotopic (exact) mass is 498 g/mol. The molecule has 194 valence electrons. The second kappa shape index (κ2) is 11.5. The number of rotatable bonds is 3. The maximum Gasteiger partial charge on any atom is 0.292 e. The first kappa shape index (κ1) is 25.5. The Kier molecular flexibility index (Phi) is 8.12. The summed E-state index contributed by atoms with van der Waals surface area (Å²) in [6.45, 7) is 2.53. The number of aromatic nitrogens is 1. The van der Waals surface area contributed by atoms with Gasteiger partial charge in [-0.3, -0.25) is 14.4 Å². The van der Waals surface area contributed by atoms with Gasteiger partial charge in [0.2, 0.25) is 17.6 Å². The van der Waals surface area contributed by atoms with Gasteiger partial charge in [0.05, 0.1) is 19.9 Å². The van der Waals surface area contributed by atoms with Gasteiger partial charge in [-0.15, -0.1) is 0 Å². The van der Waals surface area contributed by atoms with Gasteiger partial charge in [0.25, 0.3) is 5.91 Å². The number of hydrogen-bond donors (Lipinski definition) is 2. The van der Waals surface area contributed by atoms with Crippen LogP contribution < -0.4 is 20.1 Å². The third kappa shape index (κ3) is 5.63. The van der Waals surface area contributed by atoms with Gasteiger partial charge in [-0.25, -0.2) is 4.98 Å². The third-order valence-corrected chi connectivity index (χ3v) is 6.95. The summed E-state index contributed by atoms with van der Waals surface area (Å²) in [5.74, 6) is 0.963. The van der Waals surface area contributed by atoms with Crippen LogP contribution in [0.4, 0.5) is 0 Å². The Morgan fingerprint density at radius 1 is 1.06 bits per heavy atom. The first-order chi connectivity index (χ1) is 17.4. The summed E-state index contributed by atoms with van der Waals surface area (Å²) < 4.78 is 16.5. The quantitative estimate of drug-likeness (QED) is 0.665. The third-order valence-electron chi connectivity index (χ3n) is 6.95. The largest absolute Gasteiger partial charge is 0.493 e. The summed E-state index contributed by atoms with van der Waals surface area (Å²) >= 11 is 0. The van der Waals surface area contributed by atoms with Gasteiger partial charge in [0, 0.05) is 38.0 Å². The van der Waals surface area contributed by atoms with E-state index in [0.29, 0.717) is 68.8 Å². The van der Waals surface area contributed by atoms with Crippen molar-refractivity contribution >= 4 is 17.7 Å². The average molecular weight is 499 g/mol. The molecule has 1 saturated heterocycles. The molecule has 2 aromatic rings. The molecule has 0 spiro atoms. The Hall–Kier alpha value is -3.56. The normalized spacial score (nSPS) is 21.4. The number of fused-ring (bicyclic) bond motifs is 4. The molecule has 36 heavy (non-hydrogen) atoms. The number of methoxy groups -OCH3 is 2. The molecule has 1 aromatic carbocycles.